The van der Waals surface area contributed by atoms with Gasteiger partial charge in [-0.2, -0.15) is 0 Å². The highest BCUT2D eigenvalue weighted by Gasteiger charge is 2.37. The largest absolute Gasteiger partial charge is 0.477 e. The molecule has 0 unspecified atom stereocenters. The van der Waals surface area contributed by atoms with Crippen LogP contribution in [0, 0.1) is 6.92 Å². The van der Waals surface area contributed by atoms with E-state index in [1.807, 2.05) is 25.1 Å². The molecule has 116 valence electrons. The predicted octanol–water partition coefficient (Wildman–Crippen LogP) is 2.89. The number of para-hydroxylation sites is 1. The van der Waals surface area contributed by atoms with Gasteiger partial charge in [0.05, 0.1) is 5.69 Å². The van der Waals surface area contributed by atoms with Crippen LogP contribution >= 0.6 is 11.3 Å². The van der Waals surface area contributed by atoms with Gasteiger partial charge in [-0.05, 0) is 43.5 Å². The van der Waals surface area contributed by atoms with Crippen molar-refractivity contribution < 1.29 is 18.3 Å². The number of aromatic carboxylic acids is 1. The molecular weight excluding hydrogens is 322 g/mol. The number of rotatable bonds is 3. The zero-order valence-electron chi connectivity index (χ0n) is 12.1. The van der Waals surface area contributed by atoms with E-state index in [9.17, 15) is 13.2 Å². The van der Waals surface area contributed by atoms with Crippen molar-refractivity contribution in [3.8, 4) is 0 Å². The number of anilines is 1. The molecule has 1 aliphatic rings. The van der Waals surface area contributed by atoms with Crippen LogP contribution in [0.4, 0.5) is 5.69 Å². The molecule has 0 radical (unpaired) electrons. The maximum absolute atomic E-state index is 12.9. The number of thiophene rings is 1. The minimum atomic E-state index is -3.75. The number of hydrogen-bond donors (Lipinski definition) is 1. The molecule has 2 aromatic rings. The van der Waals surface area contributed by atoms with Crippen molar-refractivity contribution in [3.63, 3.8) is 0 Å². The molecule has 0 saturated carbocycles. The molecule has 0 spiro atoms. The molecule has 3 rings (SSSR count). The van der Waals surface area contributed by atoms with Gasteiger partial charge in [-0.3, -0.25) is 4.31 Å². The topological polar surface area (TPSA) is 74.7 Å². The van der Waals surface area contributed by atoms with E-state index in [0.717, 1.165) is 16.9 Å². The maximum Gasteiger partial charge on any atom is 0.346 e. The third-order valence-corrected chi connectivity index (χ3v) is 7.35. The summed E-state index contributed by atoms with van der Waals surface area (Å²) in [5.41, 5.74) is 2.14. The normalized spacial score (nSPS) is 17.5. The number of hydrogen-bond acceptors (Lipinski definition) is 4. The monoisotopic (exact) mass is 337 g/mol. The fourth-order valence-corrected chi connectivity index (χ4v) is 5.95. The van der Waals surface area contributed by atoms with Gasteiger partial charge in [0.1, 0.15) is 9.09 Å². The first kappa shape index (κ1) is 15.1. The van der Waals surface area contributed by atoms with Crippen LogP contribution in [-0.2, 0) is 16.4 Å². The molecule has 0 aliphatic carbocycles. The Bertz CT molecular complexity index is 854. The summed E-state index contributed by atoms with van der Waals surface area (Å²) in [6.07, 6.45) is 0.658. The molecule has 1 N–H and O–H groups in total. The first-order valence-corrected chi connectivity index (χ1v) is 9.04. The van der Waals surface area contributed by atoms with Gasteiger partial charge in [0.2, 0.25) is 0 Å². The minimum absolute atomic E-state index is 0.0683. The summed E-state index contributed by atoms with van der Waals surface area (Å²) in [4.78, 5) is 11.2. The van der Waals surface area contributed by atoms with Crippen LogP contribution in [0.15, 0.2) is 34.5 Å². The van der Waals surface area contributed by atoms with Crippen LogP contribution in [0.2, 0.25) is 0 Å². The Labute approximate surface area is 132 Å². The lowest BCUT2D eigenvalue weighted by molar-refractivity contribution is 0.0701. The molecule has 7 heteroatoms. The van der Waals surface area contributed by atoms with E-state index in [4.69, 9.17) is 5.11 Å². The van der Waals surface area contributed by atoms with Crippen molar-refractivity contribution in [1.82, 2.24) is 0 Å². The van der Waals surface area contributed by atoms with Gasteiger partial charge in [0.25, 0.3) is 10.0 Å². The first-order valence-electron chi connectivity index (χ1n) is 6.78. The zero-order valence-corrected chi connectivity index (χ0v) is 13.7. The summed E-state index contributed by atoms with van der Waals surface area (Å²) in [6.45, 7) is 3.47. The third kappa shape index (κ3) is 2.21. The average Bonchev–Trinajstić information content (AvgIpc) is 2.98. The Morgan fingerprint density at radius 3 is 2.68 bits per heavy atom. The lowest BCUT2D eigenvalue weighted by Gasteiger charge is -2.23. The molecule has 0 fully saturated rings. The Morgan fingerprint density at radius 2 is 2.05 bits per heavy atom. The van der Waals surface area contributed by atoms with Crippen LogP contribution in [0.1, 0.15) is 27.7 Å². The van der Waals surface area contributed by atoms with E-state index >= 15 is 0 Å². The molecule has 0 saturated heterocycles. The summed E-state index contributed by atoms with van der Waals surface area (Å²) < 4.78 is 27.4. The van der Waals surface area contributed by atoms with Crippen LogP contribution < -0.4 is 4.31 Å². The standard InChI is InChI=1S/C15H15NO4S2/c1-9-7-13(21-14(9)15(17)18)22(19,20)16-10(2)8-11-5-3-4-6-12(11)16/h3-7,10H,8H2,1-2H3,(H,17,18)/t10-/m0/s1. The number of sulfonamides is 1. The molecule has 1 atom stereocenters. The Hall–Kier alpha value is -1.86. The van der Waals surface area contributed by atoms with Gasteiger partial charge in [0, 0.05) is 6.04 Å². The second-order valence-corrected chi connectivity index (χ2v) is 8.46. The Balaban J connectivity index is 2.11. The van der Waals surface area contributed by atoms with E-state index in [-0.39, 0.29) is 15.1 Å². The number of carbonyl (C=O) groups is 1. The molecule has 0 bridgehead atoms. The predicted molar refractivity (Wildman–Crippen MR) is 85.3 cm³/mol. The lowest BCUT2D eigenvalue weighted by Crippen LogP contribution is -2.35. The lowest BCUT2D eigenvalue weighted by atomic mass is 10.1. The summed E-state index contributed by atoms with van der Waals surface area (Å²) in [5, 5.41) is 9.12. The smallest absolute Gasteiger partial charge is 0.346 e. The van der Waals surface area contributed by atoms with Crippen molar-refractivity contribution in [2.45, 2.75) is 30.5 Å². The molecule has 5 nitrogen and oxygen atoms in total. The fraction of sp³-hybridized carbons (Fsp3) is 0.267. The molecular formula is C15H15NO4S2. The van der Waals surface area contributed by atoms with Gasteiger partial charge < -0.3 is 5.11 Å². The van der Waals surface area contributed by atoms with Gasteiger partial charge >= 0.3 is 5.97 Å². The van der Waals surface area contributed by atoms with Gasteiger partial charge in [-0.15, -0.1) is 11.3 Å². The Kier molecular flexibility index (Phi) is 3.49. The molecule has 22 heavy (non-hydrogen) atoms. The van der Waals surface area contributed by atoms with Crippen LogP contribution in [-0.4, -0.2) is 25.5 Å². The maximum atomic E-state index is 12.9. The highest BCUT2D eigenvalue weighted by molar-refractivity contribution is 7.94. The third-order valence-electron chi connectivity index (χ3n) is 3.75. The molecule has 1 aliphatic heterocycles. The van der Waals surface area contributed by atoms with Gasteiger partial charge in [-0.1, -0.05) is 18.2 Å². The summed E-state index contributed by atoms with van der Waals surface area (Å²) in [5.74, 6) is -1.10. The van der Waals surface area contributed by atoms with Crippen LogP contribution in [0.3, 0.4) is 0 Å². The van der Waals surface area contributed by atoms with Crippen LogP contribution in [0.5, 0.6) is 0 Å². The molecule has 0 amide bonds. The minimum Gasteiger partial charge on any atom is -0.477 e. The van der Waals surface area contributed by atoms with Gasteiger partial charge in [-0.25, -0.2) is 13.2 Å². The number of aryl methyl sites for hydroxylation is 1. The second kappa shape index (κ2) is 5.10. The van der Waals surface area contributed by atoms with Crippen molar-refractivity contribution >= 4 is 33.0 Å². The van der Waals surface area contributed by atoms with E-state index in [1.54, 1.807) is 13.0 Å². The number of fused-ring (bicyclic) bond motifs is 1. The van der Waals surface area contributed by atoms with Gasteiger partial charge in [0.15, 0.2) is 0 Å². The van der Waals surface area contributed by atoms with Crippen molar-refractivity contribution in [2.75, 3.05) is 4.31 Å². The first-order chi connectivity index (χ1) is 10.3. The van der Waals surface area contributed by atoms with E-state index in [2.05, 4.69) is 0 Å². The van der Waals surface area contributed by atoms with E-state index < -0.39 is 16.0 Å². The fourth-order valence-electron chi connectivity index (χ4n) is 2.79. The average molecular weight is 337 g/mol. The van der Waals surface area contributed by atoms with Crippen molar-refractivity contribution in [1.29, 1.82) is 0 Å². The van der Waals surface area contributed by atoms with E-state index in [1.165, 1.54) is 10.4 Å². The number of benzene rings is 1. The summed E-state index contributed by atoms with van der Waals surface area (Å²) in [6, 6.07) is 8.66. The quantitative estimate of drug-likeness (QED) is 0.934. The summed E-state index contributed by atoms with van der Waals surface area (Å²) in [7, 11) is -3.75. The highest BCUT2D eigenvalue weighted by Crippen LogP contribution is 2.38. The second-order valence-electron chi connectivity index (χ2n) is 5.37. The number of nitrogens with zero attached hydrogens (tertiary/aromatic N) is 1. The molecule has 1 aromatic carbocycles. The summed E-state index contributed by atoms with van der Waals surface area (Å²) >= 11 is 0.809. The zero-order chi connectivity index (χ0) is 16.1. The van der Waals surface area contributed by atoms with Crippen LogP contribution in [0.25, 0.3) is 0 Å². The Morgan fingerprint density at radius 1 is 1.36 bits per heavy atom. The molecule has 1 aromatic heterocycles. The van der Waals surface area contributed by atoms with Crippen molar-refractivity contribution in [2.24, 2.45) is 0 Å². The van der Waals surface area contributed by atoms with Crippen molar-refractivity contribution in [3.05, 3.63) is 46.3 Å². The highest BCUT2D eigenvalue weighted by atomic mass is 32.2. The SMILES string of the molecule is Cc1cc(S(=O)(=O)N2c3ccccc3C[C@@H]2C)sc1C(=O)O. The number of carboxylic acid groups (broad SMARTS) is 1. The molecule has 2 heterocycles. The number of carboxylic acids is 1. The van der Waals surface area contributed by atoms with E-state index in [0.29, 0.717) is 17.7 Å².